The summed E-state index contributed by atoms with van der Waals surface area (Å²) >= 11 is 9.53. The number of anilines is 1. The number of rotatable bonds is 4. The standard InChI is InChI=1S/C14H14BrClFN3/c1-3-6-18-14-12(15)8(2)19-13(20-14)10-5-4-9(17)7-11(10)16/h4-5,7H,3,6H2,1-2H3,(H,18,19,20). The van der Waals surface area contributed by atoms with Crippen LogP contribution in [0.1, 0.15) is 19.0 Å². The van der Waals surface area contributed by atoms with Gasteiger partial charge in [0, 0.05) is 12.1 Å². The molecule has 6 heteroatoms. The molecule has 106 valence electrons. The number of hydrogen-bond donors (Lipinski definition) is 1. The molecule has 0 aliphatic rings. The molecule has 0 saturated heterocycles. The van der Waals surface area contributed by atoms with Gasteiger partial charge in [-0.1, -0.05) is 18.5 Å². The van der Waals surface area contributed by atoms with Crippen LogP contribution in [0.15, 0.2) is 22.7 Å². The zero-order chi connectivity index (χ0) is 14.7. The van der Waals surface area contributed by atoms with Gasteiger partial charge in [-0.3, -0.25) is 0 Å². The van der Waals surface area contributed by atoms with Gasteiger partial charge >= 0.3 is 0 Å². The Hall–Kier alpha value is -1.20. The fourth-order valence-corrected chi connectivity index (χ4v) is 2.28. The lowest BCUT2D eigenvalue weighted by Gasteiger charge is -2.11. The summed E-state index contributed by atoms with van der Waals surface area (Å²) in [4.78, 5) is 8.85. The smallest absolute Gasteiger partial charge is 0.163 e. The van der Waals surface area contributed by atoms with Crippen molar-refractivity contribution in [2.24, 2.45) is 0 Å². The van der Waals surface area contributed by atoms with Crippen molar-refractivity contribution in [2.45, 2.75) is 20.3 Å². The maximum Gasteiger partial charge on any atom is 0.163 e. The molecule has 0 saturated carbocycles. The Bertz CT molecular complexity index is 634. The van der Waals surface area contributed by atoms with Gasteiger partial charge in [0.1, 0.15) is 11.6 Å². The summed E-state index contributed by atoms with van der Waals surface area (Å²) in [7, 11) is 0. The second-order valence-corrected chi connectivity index (χ2v) is 5.55. The fourth-order valence-electron chi connectivity index (χ4n) is 1.71. The van der Waals surface area contributed by atoms with Crippen LogP contribution < -0.4 is 5.32 Å². The predicted octanol–water partition coefficient (Wildman–Crippen LogP) is 4.83. The van der Waals surface area contributed by atoms with E-state index in [0.29, 0.717) is 16.4 Å². The summed E-state index contributed by atoms with van der Waals surface area (Å²) in [6.07, 6.45) is 0.988. The van der Waals surface area contributed by atoms with Gasteiger partial charge in [0.2, 0.25) is 0 Å². The number of hydrogen-bond acceptors (Lipinski definition) is 3. The van der Waals surface area contributed by atoms with E-state index in [-0.39, 0.29) is 5.82 Å². The molecule has 2 rings (SSSR count). The molecule has 1 aromatic heterocycles. The Balaban J connectivity index is 2.48. The van der Waals surface area contributed by atoms with Gasteiger partial charge in [-0.05, 0) is 47.5 Å². The molecule has 0 fully saturated rings. The molecule has 3 nitrogen and oxygen atoms in total. The number of nitrogens with one attached hydrogen (secondary N) is 1. The first kappa shape index (κ1) is 15.2. The molecular weight excluding hydrogens is 345 g/mol. The van der Waals surface area contributed by atoms with Gasteiger partial charge in [0.15, 0.2) is 5.82 Å². The van der Waals surface area contributed by atoms with Gasteiger partial charge in [-0.25, -0.2) is 14.4 Å². The lowest BCUT2D eigenvalue weighted by Crippen LogP contribution is -2.06. The first-order valence-corrected chi connectivity index (χ1v) is 7.43. The monoisotopic (exact) mass is 357 g/mol. The van der Waals surface area contributed by atoms with Crippen LogP contribution in [0.5, 0.6) is 0 Å². The molecule has 1 aromatic carbocycles. The largest absolute Gasteiger partial charge is 0.369 e. The molecule has 0 atom stereocenters. The van der Waals surface area contributed by atoms with E-state index >= 15 is 0 Å². The van der Waals surface area contributed by atoms with E-state index in [4.69, 9.17) is 11.6 Å². The number of benzene rings is 1. The second kappa shape index (κ2) is 6.50. The first-order valence-electron chi connectivity index (χ1n) is 6.26. The average Bonchev–Trinajstić information content (AvgIpc) is 2.40. The Morgan fingerprint density at radius 3 is 2.75 bits per heavy atom. The molecule has 0 bridgehead atoms. The molecular formula is C14H14BrClFN3. The van der Waals surface area contributed by atoms with Gasteiger partial charge in [-0.2, -0.15) is 0 Å². The molecule has 0 unspecified atom stereocenters. The van der Waals surface area contributed by atoms with Crippen molar-refractivity contribution in [1.29, 1.82) is 0 Å². The van der Waals surface area contributed by atoms with Crippen molar-refractivity contribution in [3.63, 3.8) is 0 Å². The summed E-state index contributed by atoms with van der Waals surface area (Å²) in [5.41, 5.74) is 1.41. The summed E-state index contributed by atoms with van der Waals surface area (Å²) in [5, 5.41) is 3.53. The normalized spacial score (nSPS) is 10.7. The van der Waals surface area contributed by atoms with Gasteiger partial charge in [-0.15, -0.1) is 0 Å². The lowest BCUT2D eigenvalue weighted by molar-refractivity contribution is 0.628. The topological polar surface area (TPSA) is 37.8 Å². The van der Waals surface area contributed by atoms with Crippen LogP contribution in [0.25, 0.3) is 11.4 Å². The number of aromatic nitrogens is 2. The van der Waals surface area contributed by atoms with E-state index in [1.807, 2.05) is 6.92 Å². The lowest BCUT2D eigenvalue weighted by atomic mass is 10.2. The van der Waals surface area contributed by atoms with Crippen LogP contribution in [0.4, 0.5) is 10.2 Å². The maximum atomic E-state index is 13.1. The summed E-state index contributed by atoms with van der Waals surface area (Å²) in [6, 6.07) is 4.20. The van der Waals surface area contributed by atoms with Crippen molar-refractivity contribution < 1.29 is 4.39 Å². The quantitative estimate of drug-likeness (QED) is 0.850. The molecule has 0 spiro atoms. The number of halogens is 3. The number of nitrogens with zero attached hydrogens (tertiary/aromatic N) is 2. The highest BCUT2D eigenvalue weighted by Gasteiger charge is 2.13. The molecule has 2 aromatic rings. The van der Waals surface area contributed by atoms with E-state index in [9.17, 15) is 4.39 Å². The summed E-state index contributed by atoms with van der Waals surface area (Å²) < 4.78 is 13.9. The SMILES string of the molecule is CCCNc1nc(-c2ccc(F)cc2Cl)nc(C)c1Br. The molecule has 0 radical (unpaired) electrons. The molecule has 1 heterocycles. The first-order chi connectivity index (χ1) is 9.52. The average molecular weight is 359 g/mol. The van der Waals surface area contributed by atoms with Crippen LogP contribution in [0.3, 0.4) is 0 Å². The second-order valence-electron chi connectivity index (χ2n) is 4.35. The minimum atomic E-state index is -0.378. The molecule has 20 heavy (non-hydrogen) atoms. The van der Waals surface area contributed by atoms with Crippen LogP contribution in [0, 0.1) is 12.7 Å². The Kier molecular flexibility index (Phi) is 4.94. The van der Waals surface area contributed by atoms with Crippen molar-refractivity contribution in [3.05, 3.63) is 39.2 Å². The molecule has 1 N–H and O–H groups in total. The van der Waals surface area contributed by atoms with Crippen LogP contribution in [-0.4, -0.2) is 16.5 Å². The Morgan fingerprint density at radius 1 is 1.35 bits per heavy atom. The van der Waals surface area contributed by atoms with Gasteiger partial charge in [0.05, 0.1) is 15.2 Å². The van der Waals surface area contributed by atoms with E-state index in [1.54, 1.807) is 6.07 Å². The van der Waals surface area contributed by atoms with E-state index in [2.05, 4.69) is 38.1 Å². The van der Waals surface area contributed by atoms with Crippen molar-refractivity contribution in [2.75, 3.05) is 11.9 Å². The van der Waals surface area contributed by atoms with Crippen molar-refractivity contribution in [1.82, 2.24) is 9.97 Å². The van der Waals surface area contributed by atoms with E-state index in [1.165, 1.54) is 12.1 Å². The minimum absolute atomic E-state index is 0.299. The molecule has 0 aliphatic carbocycles. The number of aryl methyl sites for hydroxylation is 1. The third-order valence-corrected chi connectivity index (χ3v) is 3.99. The highest BCUT2D eigenvalue weighted by atomic mass is 79.9. The highest BCUT2D eigenvalue weighted by Crippen LogP contribution is 2.30. The third kappa shape index (κ3) is 3.27. The van der Waals surface area contributed by atoms with Gasteiger partial charge in [0.25, 0.3) is 0 Å². The van der Waals surface area contributed by atoms with E-state index < -0.39 is 0 Å². The third-order valence-electron chi connectivity index (χ3n) is 2.73. The zero-order valence-corrected chi connectivity index (χ0v) is 13.5. The maximum absolute atomic E-state index is 13.1. The van der Waals surface area contributed by atoms with Crippen molar-refractivity contribution >= 4 is 33.3 Å². The molecule has 0 amide bonds. The Labute approximate surface area is 130 Å². The highest BCUT2D eigenvalue weighted by molar-refractivity contribution is 9.10. The Morgan fingerprint density at radius 2 is 2.10 bits per heavy atom. The predicted molar refractivity (Wildman–Crippen MR) is 83.7 cm³/mol. The zero-order valence-electron chi connectivity index (χ0n) is 11.2. The summed E-state index contributed by atoms with van der Waals surface area (Å²) in [6.45, 7) is 4.77. The van der Waals surface area contributed by atoms with Crippen LogP contribution in [-0.2, 0) is 0 Å². The van der Waals surface area contributed by atoms with Crippen molar-refractivity contribution in [3.8, 4) is 11.4 Å². The van der Waals surface area contributed by atoms with Crippen LogP contribution in [0.2, 0.25) is 5.02 Å². The van der Waals surface area contributed by atoms with Gasteiger partial charge < -0.3 is 5.32 Å². The fraction of sp³-hybridized carbons (Fsp3) is 0.286. The molecule has 0 aliphatic heterocycles. The summed E-state index contributed by atoms with van der Waals surface area (Å²) in [5.74, 6) is 0.820. The van der Waals surface area contributed by atoms with E-state index in [0.717, 1.165) is 29.0 Å². The van der Waals surface area contributed by atoms with Crippen LogP contribution >= 0.6 is 27.5 Å². The minimum Gasteiger partial charge on any atom is -0.369 e.